The highest BCUT2D eigenvalue weighted by Gasteiger charge is 2.50. The van der Waals surface area contributed by atoms with Gasteiger partial charge in [0.2, 0.25) is 0 Å². The molecule has 5 aliphatic heterocycles. The van der Waals surface area contributed by atoms with Gasteiger partial charge in [-0.15, -0.1) is 65.9 Å². The lowest BCUT2D eigenvalue weighted by molar-refractivity contribution is -0.0363. The van der Waals surface area contributed by atoms with Crippen molar-refractivity contribution in [3.05, 3.63) is 96.8 Å². The van der Waals surface area contributed by atoms with Crippen LogP contribution in [0.15, 0.2) is 90.3 Å². The standard InChI is InChI=1S/C21H34N5O3PS.2C20H32N5O3P.C16H25N4O3P.C15H24N5O3P/c1-7-13(2)8-10-22-18-15-19(25-21(24-18)31-6)26(12-23-15)20-17(28)16(27)14(29-20)9-11-30(3,4)5;2*1-6-13(2)7-9-21-18-15-19(23-11-22-18)25(12-24-15)20-17(27)16(26)14(28-20)8-10-29(3,4)5;1-9-19-12-10(17)5-7-18-15(12)20(9)16-14(22)13(21)11(23-16)6-8-24(2,3)4;1-8-18-13(16)10-14(19-8)20(7-17-10)15-12(22)11(21)9(23-15)5-6-24(2,3)4/h8,12,14,16-17,20,27-28H,3,7,9-11H2,1-2,4-6H3,(H,22,24,25);2*7,11-12,14,16-17,20,26-27H,3,6,8-10H2,1-2,4-5H3,(H,21,22,23);5,7,11,13-14,16,21-22H,2,6,8H2,1,3-4H3,(H2,17,18);7,9,11-12,15,21-22H,2,5-6H2,1,3-4H3,(H2,16,18,19)/b13-8-;2*13-7-;;/t3*14-,16-,17-,20-;11-,13-,14-,16-;9-,11-,12-,15-/m11111/s1. The molecule has 17 N–H and O–H groups in total. The molecule has 15 rings (SSSR count). The van der Waals surface area contributed by atoms with E-state index in [9.17, 15) is 51.1 Å². The number of nitrogens with zero attached hydrogens (tertiary/aromatic N) is 19. The Morgan fingerprint density at radius 3 is 1.04 bits per heavy atom. The number of fused-ring (bicyclic) bond motifs is 5. The molecule has 0 aliphatic carbocycles. The van der Waals surface area contributed by atoms with Crippen LogP contribution in [0.3, 0.4) is 0 Å². The van der Waals surface area contributed by atoms with Gasteiger partial charge in [0.15, 0.2) is 104 Å². The van der Waals surface area contributed by atoms with Gasteiger partial charge in [-0.3, -0.25) is 22.8 Å². The number of anilines is 5. The summed E-state index contributed by atoms with van der Waals surface area (Å²) in [6.07, 6.45) is 34.9. The molecule has 5 fully saturated rings. The number of rotatable bonds is 33. The van der Waals surface area contributed by atoms with Crippen LogP contribution in [0.25, 0.3) is 55.8 Å². The minimum atomic E-state index is -1.25. The molecular formula is C92H147N24O15P5S. The average Bonchev–Trinajstić information content (AvgIpc) is 1.61. The lowest BCUT2D eigenvalue weighted by Gasteiger charge is -2.19. The fraction of sp³-hybridized carbons (Fsp3) is 0.598. The van der Waals surface area contributed by atoms with Gasteiger partial charge >= 0.3 is 0 Å². The van der Waals surface area contributed by atoms with Crippen LogP contribution in [0.1, 0.15) is 136 Å². The van der Waals surface area contributed by atoms with Gasteiger partial charge in [-0.2, -0.15) is 0 Å². The van der Waals surface area contributed by atoms with E-state index in [1.807, 2.05) is 13.2 Å². The number of hydrogen-bond donors (Lipinski definition) is 15. The summed E-state index contributed by atoms with van der Waals surface area (Å²) in [4.78, 5) is 61.2. The summed E-state index contributed by atoms with van der Waals surface area (Å²) in [5.74, 6) is 3.32. The molecule has 5 aliphatic rings. The summed E-state index contributed by atoms with van der Waals surface area (Å²) in [5, 5.41) is 115. The van der Waals surface area contributed by atoms with Crippen LogP contribution in [0.4, 0.5) is 29.0 Å². The SMILES string of the molecule is C=P(C)(C)CC[C@H]1O[C@@H](n2c(C)nc3c(N)ccnc32)[C@H](O)[C@@H]1O.C=P(C)(C)CC[C@H]1O[C@@H](n2cnc3c(N)nc(C)nc32)[C@H](O)[C@@H]1O.C=P(C)(C)CC[C@H]1O[C@@H](n2cnc3c(NC/C=C(/C)CC)nc(SC)nc32)[C@H](O)[C@@H]1O.C=P(C)(C)CC[C@H]1O[C@@H](n2cnc3c(NC/C=C(/C)CC)ncnc32)[C@H](O)[C@@H]1O.C=P(C)(C)CC[C@H]1O[C@@H](n2cnc3c(NC/C=C(/C)CC)ncnc32)[C@H](O)[C@@H]1O. The van der Waals surface area contributed by atoms with Crippen molar-refractivity contribution in [3.63, 3.8) is 0 Å². The highest BCUT2D eigenvalue weighted by molar-refractivity contribution is 7.98. The zero-order chi connectivity index (χ0) is 100. The summed E-state index contributed by atoms with van der Waals surface area (Å²) >= 11 is 1.43. The summed E-state index contributed by atoms with van der Waals surface area (Å²) in [6.45, 7) is 33.4. The molecule has 10 aromatic rings. The molecule has 0 unspecified atom stereocenters. The van der Waals surface area contributed by atoms with Gasteiger partial charge in [0.05, 0.1) is 61.5 Å². The Hall–Kier alpha value is -7.71. The Labute approximate surface area is 807 Å². The molecule has 15 heterocycles. The number of hydrogen-bond acceptors (Lipinski definition) is 35. The molecule has 0 radical (unpaired) electrons. The molecule has 10 aromatic heterocycles. The maximum Gasteiger partial charge on any atom is 0.191 e. The van der Waals surface area contributed by atoms with E-state index in [0.29, 0.717) is 148 Å². The zero-order valence-corrected chi connectivity index (χ0v) is 87.8. The minimum absolute atomic E-state index is 0.282. The fourth-order valence-electron chi connectivity index (χ4n) is 16.0. The van der Waals surface area contributed by atoms with Gasteiger partial charge in [-0.05, 0) is 196 Å². The number of nitrogens with two attached hydrogens (primary N) is 2. The predicted molar refractivity (Wildman–Crippen MR) is 563 cm³/mol. The Bertz CT molecular complexity index is 5970. The normalized spacial score (nSPS) is 26.2. The first-order chi connectivity index (χ1) is 64.4. The van der Waals surface area contributed by atoms with Crippen molar-refractivity contribution in [3.8, 4) is 0 Å². The molecule has 0 aromatic carbocycles. The van der Waals surface area contributed by atoms with Crippen molar-refractivity contribution in [1.82, 2.24) is 92.6 Å². The Morgan fingerprint density at radius 2 is 0.701 bits per heavy atom. The van der Waals surface area contributed by atoms with Crippen molar-refractivity contribution in [2.24, 2.45) is 0 Å². The average molecular weight is 2020 g/mol. The van der Waals surface area contributed by atoms with Gasteiger partial charge in [-0.25, -0.2) is 69.8 Å². The second kappa shape index (κ2) is 47.0. The Morgan fingerprint density at radius 1 is 0.387 bits per heavy atom. The number of pyridine rings is 1. The van der Waals surface area contributed by atoms with E-state index in [1.54, 1.807) is 61.0 Å². The maximum atomic E-state index is 10.7. The van der Waals surface area contributed by atoms with Crippen LogP contribution in [-0.2, 0) is 23.7 Å². The van der Waals surface area contributed by atoms with Crippen molar-refractivity contribution in [1.29, 1.82) is 0 Å². The molecule has 0 saturated carbocycles. The number of aliphatic hydroxyl groups is 10. The number of ether oxygens (including phenoxy) is 5. The largest absolute Gasteiger partial charge is 0.397 e. The first-order valence-electron chi connectivity index (χ1n) is 46.2. The smallest absolute Gasteiger partial charge is 0.191 e. The van der Waals surface area contributed by atoms with E-state index in [1.165, 1.54) is 47.5 Å². The second-order valence-electron chi connectivity index (χ2n) is 39.4. The fourth-order valence-corrected chi connectivity index (χ4v) is 21.2. The Kier molecular flexibility index (Phi) is 37.6. The van der Waals surface area contributed by atoms with Crippen molar-refractivity contribution in [2.45, 2.75) is 235 Å². The van der Waals surface area contributed by atoms with Gasteiger partial charge in [0.1, 0.15) is 96.4 Å². The van der Waals surface area contributed by atoms with E-state index in [-0.39, 0.29) is 5.82 Å². The number of aromatic nitrogens is 19. The van der Waals surface area contributed by atoms with Gasteiger partial charge in [-0.1, -0.05) is 67.5 Å². The van der Waals surface area contributed by atoms with E-state index >= 15 is 0 Å². The topological polar surface area (TPSA) is 542 Å². The zero-order valence-electron chi connectivity index (χ0n) is 82.6. The molecule has 39 nitrogen and oxygen atoms in total. The predicted octanol–water partition coefficient (Wildman–Crippen LogP) is 9.14. The number of thioether (sulfide) groups is 1. The van der Waals surface area contributed by atoms with Gasteiger partial charge in [0.25, 0.3) is 0 Å². The third-order valence-electron chi connectivity index (χ3n) is 24.6. The second-order valence-corrected chi connectivity index (χ2v) is 61.8. The molecule has 137 heavy (non-hydrogen) atoms. The molecular weight excluding hydrogens is 1870 g/mol. The van der Waals surface area contributed by atoms with Gasteiger partial charge < -0.3 is 102 Å². The molecule has 20 atom stereocenters. The number of imidazole rings is 5. The van der Waals surface area contributed by atoms with Crippen molar-refractivity contribution >= 4 is 162 Å². The highest BCUT2D eigenvalue weighted by atomic mass is 32.2. The monoisotopic (exact) mass is 2010 g/mol. The minimum Gasteiger partial charge on any atom is -0.397 e. The maximum absolute atomic E-state index is 10.7. The number of nitrogen functional groups attached to an aromatic ring is 2. The molecule has 45 heteroatoms. The van der Waals surface area contributed by atoms with Crippen LogP contribution in [0.2, 0.25) is 0 Å². The van der Waals surface area contributed by atoms with E-state index in [0.717, 1.165) is 50.1 Å². The number of aryl methyl sites for hydroxylation is 2. The van der Waals surface area contributed by atoms with E-state index < -0.39 is 157 Å². The first kappa shape index (κ1) is 110. The number of nitrogens with one attached hydrogen (secondary N) is 3. The molecule has 0 bridgehead atoms. The number of aliphatic hydroxyl groups excluding tert-OH is 10. The molecule has 0 amide bonds. The Balaban J connectivity index is 0.000000165. The summed E-state index contributed by atoms with van der Waals surface area (Å²) in [5.41, 5.74) is 21.8. The van der Waals surface area contributed by atoms with Crippen LogP contribution >= 0.6 is 46.2 Å². The van der Waals surface area contributed by atoms with Crippen LogP contribution in [-0.4, -0.2) is 390 Å². The quantitative estimate of drug-likeness (QED) is 0.00788. The van der Waals surface area contributed by atoms with Crippen LogP contribution in [0.5, 0.6) is 0 Å². The third-order valence-corrected chi connectivity index (χ3v) is 32.5. The van der Waals surface area contributed by atoms with Crippen molar-refractivity contribution in [2.75, 3.05) is 151 Å². The number of allylic oxidation sites excluding steroid dienone is 3. The highest BCUT2D eigenvalue weighted by Crippen LogP contribution is 2.47. The lowest BCUT2D eigenvalue weighted by Crippen LogP contribution is -2.32. The summed E-state index contributed by atoms with van der Waals surface area (Å²) in [7, 11) is 0. The van der Waals surface area contributed by atoms with Gasteiger partial charge in [0, 0.05) is 25.8 Å². The van der Waals surface area contributed by atoms with Crippen LogP contribution < -0.4 is 27.4 Å². The molecule has 5 saturated heterocycles. The first-order valence-corrected chi connectivity index (χ1v) is 62.7. The summed E-state index contributed by atoms with van der Waals surface area (Å²) in [6, 6.07) is 1.68. The van der Waals surface area contributed by atoms with Crippen LogP contribution in [0, 0.1) is 13.8 Å². The van der Waals surface area contributed by atoms with Crippen molar-refractivity contribution < 1.29 is 74.7 Å². The molecule has 756 valence electrons. The third kappa shape index (κ3) is 28.0. The summed E-state index contributed by atoms with van der Waals surface area (Å²) < 4.78 is 38.4. The lowest BCUT2D eigenvalue weighted by atomic mass is 10.1. The van der Waals surface area contributed by atoms with E-state index in [4.69, 9.17) is 35.2 Å². The van der Waals surface area contributed by atoms with E-state index in [2.05, 4.69) is 244 Å². The molecule has 0 spiro atoms.